The second-order valence-electron chi connectivity index (χ2n) is 12.8. The fraction of sp³-hybridized carbons (Fsp3) is 0. The van der Waals surface area contributed by atoms with Gasteiger partial charge in [0.25, 0.3) is 0 Å². The Bertz CT molecular complexity index is 2900. The van der Waals surface area contributed by atoms with Gasteiger partial charge in [0.15, 0.2) is 17.5 Å². The van der Waals surface area contributed by atoms with Crippen molar-refractivity contribution in [3.63, 3.8) is 0 Å². The molecule has 0 fully saturated rings. The highest BCUT2D eigenvalue weighted by Crippen LogP contribution is 2.43. The molecule has 0 atom stereocenters. The van der Waals surface area contributed by atoms with E-state index in [1.165, 1.54) is 5.39 Å². The SMILES string of the molecule is c1ccc(-c2nc(-c3ccc(-c4cc5c6ccccc6oc5c5c(-c6ccccc6)cccc45)cc3)nc(-c3ccc4ccccc4c3)n2)cc1. The van der Waals surface area contributed by atoms with Crippen LogP contribution in [-0.4, -0.2) is 15.0 Å². The van der Waals surface area contributed by atoms with E-state index in [9.17, 15) is 0 Å². The number of hydrogen-bond acceptors (Lipinski definition) is 4. The Morgan fingerprint density at radius 2 is 0.882 bits per heavy atom. The number of nitrogens with zero attached hydrogens (tertiary/aromatic N) is 3. The second kappa shape index (κ2) is 11.9. The predicted molar refractivity (Wildman–Crippen MR) is 209 cm³/mol. The molecule has 8 aromatic carbocycles. The zero-order valence-electron chi connectivity index (χ0n) is 27.5. The molecule has 0 aliphatic carbocycles. The Morgan fingerprint density at radius 1 is 0.333 bits per heavy atom. The Labute approximate surface area is 294 Å². The van der Waals surface area contributed by atoms with Crippen LogP contribution in [0.3, 0.4) is 0 Å². The van der Waals surface area contributed by atoms with Crippen LogP contribution in [0.2, 0.25) is 0 Å². The van der Waals surface area contributed by atoms with Gasteiger partial charge in [-0.2, -0.15) is 0 Å². The van der Waals surface area contributed by atoms with Crippen LogP contribution >= 0.6 is 0 Å². The molecule has 0 N–H and O–H groups in total. The average molecular weight is 652 g/mol. The third kappa shape index (κ3) is 5.04. The van der Waals surface area contributed by atoms with Crippen LogP contribution in [0.15, 0.2) is 180 Å². The van der Waals surface area contributed by atoms with Gasteiger partial charge in [0, 0.05) is 32.8 Å². The summed E-state index contributed by atoms with van der Waals surface area (Å²) >= 11 is 0. The fourth-order valence-electron chi connectivity index (χ4n) is 7.21. The first-order chi connectivity index (χ1) is 25.3. The molecule has 0 amide bonds. The first kappa shape index (κ1) is 29.0. The average Bonchev–Trinajstić information content (AvgIpc) is 3.59. The van der Waals surface area contributed by atoms with Crippen molar-refractivity contribution in [2.75, 3.05) is 0 Å². The third-order valence-electron chi connectivity index (χ3n) is 9.72. The fourth-order valence-corrected chi connectivity index (χ4v) is 7.21. The molecule has 0 bridgehead atoms. The summed E-state index contributed by atoms with van der Waals surface area (Å²) < 4.78 is 6.59. The predicted octanol–water partition coefficient (Wildman–Crippen LogP) is 12.4. The van der Waals surface area contributed by atoms with Crippen molar-refractivity contribution >= 4 is 43.5 Å². The van der Waals surface area contributed by atoms with Crippen LogP contribution in [-0.2, 0) is 0 Å². The first-order valence-electron chi connectivity index (χ1n) is 17.1. The molecule has 0 unspecified atom stereocenters. The van der Waals surface area contributed by atoms with Crippen LogP contribution in [0.5, 0.6) is 0 Å². The molecule has 2 heterocycles. The highest BCUT2D eigenvalue weighted by molar-refractivity contribution is 6.22. The normalized spacial score (nSPS) is 11.5. The minimum atomic E-state index is 0.631. The monoisotopic (exact) mass is 651 g/mol. The van der Waals surface area contributed by atoms with Gasteiger partial charge in [-0.25, -0.2) is 15.0 Å². The summed E-state index contributed by atoms with van der Waals surface area (Å²) in [6.07, 6.45) is 0. The number of furan rings is 1. The van der Waals surface area contributed by atoms with E-state index in [0.29, 0.717) is 17.5 Å². The van der Waals surface area contributed by atoms with Crippen molar-refractivity contribution in [2.45, 2.75) is 0 Å². The first-order valence-corrected chi connectivity index (χ1v) is 17.1. The van der Waals surface area contributed by atoms with Crippen LogP contribution < -0.4 is 0 Å². The summed E-state index contributed by atoms with van der Waals surface area (Å²) in [4.78, 5) is 15.0. The highest BCUT2D eigenvalue weighted by Gasteiger charge is 2.19. The molecule has 51 heavy (non-hydrogen) atoms. The third-order valence-corrected chi connectivity index (χ3v) is 9.72. The van der Waals surface area contributed by atoms with Crippen molar-refractivity contribution < 1.29 is 4.42 Å². The van der Waals surface area contributed by atoms with E-state index < -0.39 is 0 Å². The summed E-state index contributed by atoms with van der Waals surface area (Å²) in [6.45, 7) is 0. The topological polar surface area (TPSA) is 51.8 Å². The van der Waals surface area contributed by atoms with Crippen LogP contribution in [0.4, 0.5) is 0 Å². The zero-order valence-corrected chi connectivity index (χ0v) is 27.5. The zero-order chi connectivity index (χ0) is 33.7. The number of benzene rings is 8. The maximum Gasteiger partial charge on any atom is 0.164 e. The summed E-state index contributed by atoms with van der Waals surface area (Å²) in [5, 5.41) is 6.79. The minimum absolute atomic E-state index is 0.631. The molecule has 0 aliphatic rings. The number of hydrogen-bond donors (Lipinski definition) is 0. The largest absolute Gasteiger partial charge is 0.455 e. The van der Waals surface area contributed by atoms with E-state index in [0.717, 1.165) is 77.0 Å². The quantitative estimate of drug-likeness (QED) is 0.186. The maximum absolute atomic E-state index is 6.59. The van der Waals surface area contributed by atoms with Gasteiger partial charge >= 0.3 is 0 Å². The molecular formula is C47H29N3O. The summed E-state index contributed by atoms with van der Waals surface area (Å²) in [6, 6.07) is 61.1. The maximum atomic E-state index is 6.59. The summed E-state index contributed by atoms with van der Waals surface area (Å²) in [7, 11) is 0. The molecule has 0 spiro atoms. The van der Waals surface area contributed by atoms with Gasteiger partial charge in [0.1, 0.15) is 11.2 Å². The standard InChI is InChI=1S/C47H29N3O/c1-3-13-31(14-4-1)37-19-11-20-39-40(29-41-38-18-9-10-21-42(38)51-44(41)43(37)39)32-23-25-34(26-24-32)46-48-45(33-15-5-2-6-16-33)49-47(50-46)36-27-22-30-12-7-8-17-35(30)28-36/h1-29H. The van der Waals surface area contributed by atoms with E-state index in [4.69, 9.17) is 19.4 Å². The molecule has 0 aliphatic heterocycles. The van der Waals surface area contributed by atoms with Gasteiger partial charge in [-0.1, -0.05) is 158 Å². The van der Waals surface area contributed by atoms with Crippen molar-refractivity contribution in [3.05, 3.63) is 176 Å². The lowest BCUT2D eigenvalue weighted by molar-refractivity contribution is 0.673. The van der Waals surface area contributed by atoms with Crippen LogP contribution in [0.25, 0.3) is 99.9 Å². The van der Waals surface area contributed by atoms with E-state index in [-0.39, 0.29) is 0 Å². The lowest BCUT2D eigenvalue weighted by Gasteiger charge is -2.13. The Hall–Kier alpha value is -6.91. The summed E-state index contributed by atoms with van der Waals surface area (Å²) in [5.41, 5.74) is 9.16. The van der Waals surface area contributed by atoms with Gasteiger partial charge in [0.2, 0.25) is 0 Å². The summed E-state index contributed by atoms with van der Waals surface area (Å²) in [5.74, 6) is 1.92. The minimum Gasteiger partial charge on any atom is -0.455 e. The molecule has 0 saturated carbocycles. The number of rotatable bonds is 5. The molecule has 0 saturated heterocycles. The van der Waals surface area contributed by atoms with Crippen molar-refractivity contribution in [3.8, 4) is 56.4 Å². The second-order valence-corrected chi connectivity index (χ2v) is 12.8. The Morgan fingerprint density at radius 3 is 1.65 bits per heavy atom. The van der Waals surface area contributed by atoms with Gasteiger partial charge in [-0.05, 0) is 56.6 Å². The molecule has 2 aromatic heterocycles. The number of fused-ring (bicyclic) bond motifs is 6. The van der Waals surface area contributed by atoms with Crippen molar-refractivity contribution in [1.29, 1.82) is 0 Å². The Kier molecular flexibility index (Phi) is 6.78. The molecule has 238 valence electrons. The lowest BCUT2D eigenvalue weighted by atomic mass is 9.90. The molecular weight excluding hydrogens is 623 g/mol. The van der Waals surface area contributed by atoms with E-state index in [1.54, 1.807) is 0 Å². The smallest absolute Gasteiger partial charge is 0.164 e. The van der Waals surface area contributed by atoms with E-state index in [2.05, 4.69) is 133 Å². The van der Waals surface area contributed by atoms with E-state index >= 15 is 0 Å². The van der Waals surface area contributed by atoms with Gasteiger partial charge in [0.05, 0.1) is 0 Å². The van der Waals surface area contributed by atoms with Crippen molar-refractivity contribution in [2.24, 2.45) is 0 Å². The molecule has 4 heteroatoms. The number of para-hydroxylation sites is 1. The Balaban J connectivity index is 1.14. The lowest BCUT2D eigenvalue weighted by Crippen LogP contribution is -2.00. The van der Waals surface area contributed by atoms with Gasteiger partial charge in [-0.3, -0.25) is 0 Å². The number of aromatic nitrogens is 3. The van der Waals surface area contributed by atoms with Crippen molar-refractivity contribution in [1.82, 2.24) is 15.0 Å². The molecule has 4 nitrogen and oxygen atoms in total. The van der Waals surface area contributed by atoms with E-state index in [1.807, 2.05) is 42.5 Å². The van der Waals surface area contributed by atoms with Gasteiger partial charge < -0.3 is 4.42 Å². The van der Waals surface area contributed by atoms with Crippen LogP contribution in [0.1, 0.15) is 0 Å². The molecule has 0 radical (unpaired) electrons. The molecule has 10 aromatic rings. The molecule has 10 rings (SSSR count). The highest BCUT2D eigenvalue weighted by atomic mass is 16.3. The van der Waals surface area contributed by atoms with Crippen LogP contribution in [0, 0.1) is 0 Å². The van der Waals surface area contributed by atoms with Gasteiger partial charge in [-0.15, -0.1) is 0 Å².